The van der Waals surface area contributed by atoms with Gasteiger partial charge in [0.05, 0.1) is 31.1 Å². The second kappa shape index (κ2) is 8.60. The van der Waals surface area contributed by atoms with Crippen LogP contribution in [0.1, 0.15) is 15.9 Å². The highest BCUT2D eigenvalue weighted by molar-refractivity contribution is 7.88. The van der Waals surface area contributed by atoms with Gasteiger partial charge in [-0.05, 0) is 17.7 Å². The maximum Gasteiger partial charge on any atom is 0.337 e. The number of hydrogen-bond donors (Lipinski definition) is 1. The predicted octanol–water partition coefficient (Wildman–Crippen LogP) is 0.384. The Labute approximate surface area is 142 Å². The quantitative estimate of drug-likeness (QED) is 0.758. The van der Waals surface area contributed by atoms with Crippen molar-refractivity contribution in [3.8, 4) is 0 Å². The first-order valence-corrected chi connectivity index (χ1v) is 8.54. The minimum Gasteiger partial charge on any atom is -0.465 e. The third-order valence-corrected chi connectivity index (χ3v) is 5.27. The Morgan fingerprint density at radius 2 is 2.22 bits per heavy atom. The summed E-state index contributed by atoms with van der Waals surface area (Å²) in [7, 11) is -2.20. The number of hydrogen-bond acceptors (Lipinski definition) is 6. The van der Waals surface area contributed by atoms with Gasteiger partial charge in [-0.3, -0.25) is 0 Å². The highest BCUT2D eigenvalue weighted by Gasteiger charge is 2.29. The van der Waals surface area contributed by atoms with Gasteiger partial charge in [-0.15, -0.1) is 12.4 Å². The van der Waals surface area contributed by atoms with Crippen LogP contribution in [0.25, 0.3) is 0 Å². The van der Waals surface area contributed by atoms with Gasteiger partial charge in [0.2, 0.25) is 10.0 Å². The summed E-state index contributed by atoms with van der Waals surface area (Å²) in [6.45, 7) is 1.19. The molecule has 9 heteroatoms. The second-order valence-electron chi connectivity index (χ2n) is 5.03. The third kappa shape index (κ3) is 5.15. The molecule has 0 aromatic heterocycles. The van der Waals surface area contributed by atoms with E-state index in [1.165, 1.54) is 17.5 Å². The number of carbonyl (C=O) groups excluding carboxylic acids is 1. The lowest BCUT2D eigenvalue weighted by atomic mass is 10.1. The van der Waals surface area contributed by atoms with Crippen LogP contribution in [0, 0.1) is 0 Å². The van der Waals surface area contributed by atoms with Gasteiger partial charge in [0, 0.05) is 19.6 Å². The Morgan fingerprint density at radius 3 is 2.87 bits per heavy atom. The fourth-order valence-electron chi connectivity index (χ4n) is 2.30. The summed E-state index contributed by atoms with van der Waals surface area (Å²) in [5.74, 6) is -0.663. The highest BCUT2D eigenvalue weighted by Crippen LogP contribution is 2.16. The van der Waals surface area contributed by atoms with Gasteiger partial charge in [0.1, 0.15) is 0 Å². The molecule has 0 aliphatic carbocycles. The molecule has 0 radical (unpaired) electrons. The Bertz CT molecular complexity index is 638. The van der Waals surface area contributed by atoms with Gasteiger partial charge < -0.3 is 15.2 Å². The maximum atomic E-state index is 12.5. The van der Waals surface area contributed by atoms with Gasteiger partial charge in [0.15, 0.2) is 0 Å². The van der Waals surface area contributed by atoms with Crippen LogP contribution in [-0.4, -0.2) is 58.1 Å². The molecule has 1 atom stereocenters. The first-order valence-electron chi connectivity index (χ1n) is 6.93. The summed E-state index contributed by atoms with van der Waals surface area (Å²) < 4.78 is 36.4. The smallest absolute Gasteiger partial charge is 0.337 e. The summed E-state index contributed by atoms with van der Waals surface area (Å²) in [5.41, 5.74) is 6.40. The molecular formula is C14H21ClN2O5S. The Morgan fingerprint density at radius 1 is 1.48 bits per heavy atom. The average Bonchev–Trinajstić information content (AvgIpc) is 2.54. The van der Waals surface area contributed by atoms with E-state index in [0.717, 1.165) is 0 Å². The summed E-state index contributed by atoms with van der Waals surface area (Å²) >= 11 is 0. The molecule has 0 saturated carbocycles. The van der Waals surface area contributed by atoms with Crippen LogP contribution in [0.3, 0.4) is 0 Å². The summed E-state index contributed by atoms with van der Waals surface area (Å²) in [6.07, 6.45) is -0.273. The van der Waals surface area contributed by atoms with Crippen molar-refractivity contribution in [3.05, 3.63) is 35.4 Å². The zero-order valence-corrected chi connectivity index (χ0v) is 14.4. The van der Waals surface area contributed by atoms with Crippen molar-refractivity contribution in [3.63, 3.8) is 0 Å². The van der Waals surface area contributed by atoms with Crippen LogP contribution in [0.2, 0.25) is 0 Å². The third-order valence-electron chi connectivity index (χ3n) is 3.45. The van der Waals surface area contributed by atoms with Crippen molar-refractivity contribution in [2.45, 2.75) is 11.9 Å². The van der Waals surface area contributed by atoms with Crippen LogP contribution in [0.4, 0.5) is 0 Å². The molecular weight excluding hydrogens is 344 g/mol. The van der Waals surface area contributed by atoms with E-state index in [1.54, 1.807) is 18.2 Å². The van der Waals surface area contributed by atoms with Crippen LogP contribution < -0.4 is 5.73 Å². The molecule has 0 amide bonds. The molecule has 2 N–H and O–H groups in total. The Hall–Kier alpha value is -1.19. The van der Waals surface area contributed by atoms with E-state index >= 15 is 0 Å². The van der Waals surface area contributed by atoms with Crippen molar-refractivity contribution in [1.29, 1.82) is 0 Å². The van der Waals surface area contributed by atoms with Gasteiger partial charge in [-0.25, -0.2) is 13.2 Å². The normalized spacial score (nSPS) is 19.0. The molecule has 0 bridgehead atoms. The summed E-state index contributed by atoms with van der Waals surface area (Å²) in [5, 5.41) is 0. The molecule has 1 fully saturated rings. The lowest BCUT2D eigenvalue weighted by Crippen LogP contribution is -2.48. The Balaban J connectivity index is 0.00000264. The second-order valence-corrected chi connectivity index (χ2v) is 7.00. The van der Waals surface area contributed by atoms with E-state index < -0.39 is 16.0 Å². The number of ether oxygens (including phenoxy) is 2. The SMILES string of the molecule is COC(=O)c1cccc(CS(=O)(=O)N2CCOC(CN)C2)c1.Cl. The van der Waals surface area contributed by atoms with E-state index in [9.17, 15) is 13.2 Å². The zero-order valence-electron chi connectivity index (χ0n) is 12.8. The maximum absolute atomic E-state index is 12.5. The van der Waals surface area contributed by atoms with Crippen molar-refractivity contribution < 1.29 is 22.7 Å². The minimum atomic E-state index is -3.48. The van der Waals surface area contributed by atoms with Gasteiger partial charge in [-0.1, -0.05) is 12.1 Å². The van der Waals surface area contributed by atoms with Crippen LogP contribution in [0.5, 0.6) is 0 Å². The standard InChI is InChI=1S/C14H20N2O5S.ClH/c1-20-14(17)12-4-2-3-11(7-12)10-22(18,19)16-5-6-21-13(8-15)9-16;/h2-4,7,13H,5-6,8-10,15H2,1H3;1H. The molecule has 1 heterocycles. The molecule has 1 saturated heterocycles. The average molecular weight is 365 g/mol. The summed E-state index contributed by atoms with van der Waals surface area (Å²) in [6, 6.07) is 6.43. The number of carbonyl (C=O) groups is 1. The number of nitrogens with zero attached hydrogens (tertiary/aromatic N) is 1. The van der Waals surface area contributed by atoms with Crippen molar-refractivity contribution >= 4 is 28.4 Å². The number of esters is 1. The van der Waals surface area contributed by atoms with E-state index in [2.05, 4.69) is 4.74 Å². The molecule has 1 aliphatic heterocycles. The summed E-state index contributed by atoms with van der Waals surface area (Å²) in [4.78, 5) is 11.5. The molecule has 1 aromatic rings. The number of morpholine rings is 1. The zero-order chi connectivity index (χ0) is 16.2. The number of nitrogens with two attached hydrogens (primary N) is 1. The van der Waals surface area contributed by atoms with Crippen molar-refractivity contribution in [2.75, 3.05) is 33.4 Å². The first kappa shape index (κ1) is 19.9. The van der Waals surface area contributed by atoms with Crippen molar-refractivity contribution in [1.82, 2.24) is 4.31 Å². The molecule has 0 spiro atoms. The number of rotatable bonds is 5. The largest absolute Gasteiger partial charge is 0.465 e. The first-order chi connectivity index (χ1) is 10.5. The topological polar surface area (TPSA) is 98.9 Å². The minimum absolute atomic E-state index is 0. The highest BCUT2D eigenvalue weighted by atomic mass is 35.5. The number of benzene rings is 1. The van der Waals surface area contributed by atoms with E-state index in [0.29, 0.717) is 24.3 Å². The monoisotopic (exact) mass is 364 g/mol. The van der Waals surface area contributed by atoms with Crippen LogP contribution in [-0.2, 0) is 25.2 Å². The molecule has 2 rings (SSSR count). The Kier molecular flexibility index (Phi) is 7.43. The molecule has 1 aromatic carbocycles. The molecule has 1 aliphatic rings. The molecule has 7 nitrogen and oxygen atoms in total. The lowest BCUT2D eigenvalue weighted by molar-refractivity contribution is 0.00446. The fraction of sp³-hybridized carbons (Fsp3) is 0.500. The van der Waals surface area contributed by atoms with Crippen molar-refractivity contribution in [2.24, 2.45) is 5.73 Å². The van der Waals surface area contributed by atoms with Crippen LogP contribution >= 0.6 is 12.4 Å². The number of halogens is 1. The van der Waals surface area contributed by atoms with Gasteiger partial charge in [0.25, 0.3) is 0 Å². The molecule has 1 unspecified atom stereocenters. The van der Waals surface area contributed by atoms with Gasteiger partial charge in [-0.2, -0.15) is 4.31 Å². The van der Waals surface area contributed by atoms with E-state index in [1.807, 2.05) is 0 Å². The lowest BCUT2D eigenvalue weighted by Gasteiger charge is -2.31. The van der Waals surface area contributed by atoms with E-state index in [-0.39, 0.29) is 37.4 Å². The molecule has 23 heavy (non-hydrogen) atoms. The fourth-order valence-corrected chi connectivity index (χ4v) is 3.82. The number of methoxy groups -OCH3 is 1. The predicted molar refractivity (Wildman–Crippen MR) is 88.0 cm³/mol. The van der Waals surface area contributed by atoms with E-state index in [4.69, 9.17) is 10.5 Å². The molecule has 130 valence electrons. The van der Waals surface area contributed by atoms with Gasteiger partial charge >= 0.3 is 5.97 Å². The number of sulfonamides is 1. The van der Waals surface area contributed by atoms with Crippen LogP contribution in [0.15, 0.2) is 24.3 Å².